The van der Waals surface area contributed by atoms with Crippen molar-refractivity contribution in [2.45, 2.75) is 38.0 Å². The van der Waals surface area contributed by atoms with Crippen LogP contribution in [-0.2, 0) is 16.1 Å². The van der Waals surface area contributed by atoms with E-state index < -0.39 is 0 Å². The molecular formula is C23H28N2O3. The molecule has 148 valence electrons. The number of para-hydroxylation sites is 1. The molecule has 2 aromatic carbocycles. The monoisotopic (exact) mass is 380 g/mol. The third-order valence-electron chi connectivity index (χ3n) is 5.58. The molecule has 1 N–H and O–H groups in total. The topological polar surface area (TPSA) is 50.8 Å². The summed E-state index contributed by atoms with van der Waals surface area (Å²) in [7, 11) is 0. The van der Waals surface area contributed by atoms with Gasteiger partial charge in [-0.25, -0.2) is 0 Å². The van der Waals surface area contributed by atoms with Gasteiger partial charge in [0.25, 0.3) is 5.91 Å². The second kappa shape index (κ2) is 9.22. The fourth-order valence-corrected chi connectivity index (χ4v) is 4.06. The number of hydrogen-bond donors (Lipinski definition) is 1. The molecule has 28 heavy (non-hydrogen) atoms. The lowest BCUT2D eigenvalue weighted by atomic mass is 10.1. The highest BCUT2D eigenvalue weighted by Gasteiger charge is 2.30. The number of anilines is 1. The van der Waals surface area contributed by atoms with Gasteiger partial charge in [-0.2, -0.15) is 0 Å². The van der Waals surface area contributed by atoms with E-state index in [9.17, 15) is 4.79 Å². The number of nitrogens with zero attached hydrogens (tertiary/aromatic N) is 1. The number of carbonyl (C=O) groups excluding carboxylic acids is 1. The first-order valence-corrected chi connectivity index (χ1v) is 10.2. The van der Waals surface area contributed by atoms with Crippen LogP contribution in [0, 0.1) is 0 Å². The van der Waals surface area contributed by atoms with E-state index in [1.54, 1.807) is 0 Å². The first kappa shape index (κ1) is 19.0. The van der Waals surface area contributed by atoms with E-state index in [0.29, 0.717) is 19.8 Å². The van der Waals surface area contributed by atoms with E-state index in [1.807, 2.05) is 42.5 Å². The van der Waals surface area contributed by atoms with E-state index in [1.165, 1.54) is 0 Å². The van der Waals surface area contributed by atoms with Crippen LogP contribution in [0.2, 0.25) is 0 Å². The van der Waals surface area contributed by atoms with Crippen molar-refractivity contribution in [3.8, 4) is 0 Å². The van der Waals surface area contributed by atoms with Crippen LogP contribution in [0.1, 0.15) is 35.2 Å². The standard InChI is InChI=1S/C23H28N2O3/c26-23(19-9-4-5-11-21(19)25-13-15-27-16-14-25)24-20-10-6-12-22(20)28-17-18-7-2-1-3-8-18/h1-5,7-9,11,20,22H,6,10,12-17H2,(H,24,26)/t20-,22-/m1/s1. The zero-order chi connectivity index (χ0) is 19.2. The maximum Gasteiger partial charge on any atom is 0.253 e. The molecule has 1 aliphatic carbocycles. The fourth-order valence-electron chi connectivity index (χ4n) is 4.06. The van der Waals surface area contributed by atoms with Gasteiger partial charge in [0, 0.05) is 18.8 Å². The molecule has 0 aromatic heterocycles. The van der Waals surface area contributed by atoms with Gasteiger partial charge in [-0.3, -0.25) is 4.79 Å². The van der Waals surface area contributed by atoms with Gasteiger partial charge in [-0.05, 0) is 37.0 Å². The lowest BCUT2D eigenvalue weighted by molar-refractivity contribution is 0.0272. The Morgan fingerprint density at radius 2 is 1.79 bits per heavy atom. The largest absolute Gasteiger partial charge is 0.378 e. The maximum atomic E-state index is 13.1. The summed E-state index contributed by atoms with van der Waals surface area (Å²) in [5.74, 6) is -0.0118. The van der Waals surface area contributed by atoms with Crippen molar-refractivity contribution >= 4 is 11.6 Å². The summed E-state index contributed by atoms with van der Waals surface area (Å²) in [5.41, 5.74) is 2.89. The van der Waals surface area contributed by atoms with E-state index >= 15 is 0 Å². The van der Waals surface area contributed by atoms with Crippen LogP contribution in [0.5, 0.6) is 0 Å². The molecule has 1 saturated heterocycles. The minimum absolute atomic E-state index is 0.0118. The first-order valence-electron chi connectivity index (χ1n) is 10.2. The minimum atomic E-state index is -0.0118. The molecule has 5 heteroatoms. The van der Waals surface area contributed by atoms with Crippen molar-refractivity contribution < 1.29 is 14.3 Å². The molecule has 4 rings (SSSR count). The average molecular weight is 380 g/mol. The molecule has 1 aliphatic heterocycles. The molecule has 2 aliphatic rings. The minimum Gasteiger partial charge on any atom is -0.378 e. The number of nitrogens with one attached hydrogen (secondary N) is 1. The van der Waals surface area contributed by atoms with Gasteiger partial charge in [-0.1, -0.05) is 42.5 Å². The van der Waals surface area contributed by atoms with Crippen molar-refractivity contribution in [2.24, 2.45) is 0 Å². The lowest BCUT2D eigenvalue weighted by Gasteiger charge is -2.30. The Balaban J connectivity index is 1.40. The van der Waals surface area contributed by atoms with Crippen LogP contribution in [0.25, 0.3) is 0 Å². The normalized spacial score (nSPS) is 22.2. The summed E-state index contributed by atoms with van der Waals surface area (Å²) in [4.78, 5) is 15.3. The summed E-state index contributed by atoms with van der Waals surface area (Å²) >= 11 is 0. The van der Waals surface area contributed by atoms with Gasteiger partial charge < -0.3 is 19.7 Å². The van der Waals surface area contributed by atoms with Gasteiger partial charge in [0.05, 0.1) is 37.5 Å². The molecule has 0 unspecified atom stereocenters. The van der Waals surface area contributed by atoms with E-state index in [4.69, 9.17) is 9.47 Å². The van der Waals surface area contributed by atoms with Crippen molar-refractivity contribution in [3.63, 3.8) is 0 Å². The second-order valence-electron chi connectivity index (χ2n) is 7.46. The van der Waals surface area contributed by atoms with Gasteiger partial charge in [0.15, 0.2) is 0 Å². The molecule has 0 bridgehead atoms. The quantitative estimate of drug-likeness (QED) is 0.835. The number of morpholine rings is 1. The van der Waals surface area contributed by atoms with E-state index in [0.717, 1.165) is 49.2 Å². The molecule has 2 aromatic rings. The molecule has 2 atom stereocenters. The Morgan fingerprint density at radius 1 is 1.04 bits per heavy atom. The molecule has 1 saturated carbocycles. The Labute approximate surface area is 166 Å². The summed E-state index contributed by atoms with van der Waals surface area (Å²) < 4.78 is 11.6. The number of hydrogen-bond acceptors (Lipinski definition) is 4. The lowest BCUT2D eigenvalue weighted by Crippen LogP contribution is -2.42. The predicted octanol–water partition coefficient (Wildman–Crippen LogP) is 3.39. The van der Waals surface area contributed by atoms with Crippen LogP contribution in [0.3, 0.4) is 0 Å². The molecule has 1 amide bonds. The molecule has 2 fully saturated rings. The zero-order valence-corrected chi connectivity index (χ0v) is 16.2. The van der Waals surface area contributed by atoms with Crippen molar-refractivity contribution in [1.82, 2.24) is 5.32 Å². The van der Waals surface area contributed by atoms with Crippen LogP contribution in [0.15, 0.2) is 54.6 Å². The van der Waals surface area contributed by atoms with Crippen LogP contribution < -0.4 is 10.2 Å². The Kier molecular flexibility index (Phi) is 6.24. The average Bonchev–Trinajstić information content (AvgIpc) is 3.20. The summed E-state index contributed by atoms with van der Waals surface area (Å²) in [6, 6.07) is 18.1. The highest BCUT2D eigenvalue weighted by atomic mass is 16.5. The number of rotatable bonds is 6. The van der Waals surface area contributed by atoms with Gasteiger partial charge in [-0.15, -0.1) is 0 Å². The smallest absolute Gasteiger partial charge is 0.253 e. The van der Waals surface area contributed by atoms with Crippen LogP contribution in [0.4, 0.5) is 5.69 Å². The molecular weight excluding hydrogens is 352 g/mol. The Bertz CT molecular complexity index is 774. The highest BCUT2D eigenvalue weighted by molar-refractivity contribution is 6.00. The van der Waals surface area contributed by atoms with Gasteiger partial charge in [0.2, 0.25) is 0 Å². The van der Waals surface area contributed by atoms with Gasteiger partial charge >= 0.3 is 0 Å². The van der Waals surface area contributed by atoms with Crippen molar-refractivity contribution in [1.29, 1.82) is 0 Å². The molecule has 1 heterocycles. The number of carbonyl (C=O) groups is 1. The Hall–Kier alpha value is -2.37. The molecule has 0 spiro atoms. The number of amides is 1. The van der Waals surface area contributed by atoms with Crippen molar-refractivity contribution in [2.75, 3.05) is 31.2 Å². The van der Waals surface area contributed by atoms with Crippen LogP contribution >= 0.6 is 0 Å². The van der Waals surface area contributed by atoms with Gasteiger partial charge in [0.1, 0.15) is 0 Å². The Morgan fingerprint density at radius 3 is 2.61 bits per heavy atom. The van der Waals surface area contributed by atoms with E-state index in [-0.39, 0.29) is 18.1 Å². The fraction of sp³-hybridized carbons (Fsp3) is 0.435. The SMILES string of the molecule is O=C(N[C@@H]1CCC[C@H]1OCc1ccccc1)c1ccccc1N1CCOCC1. The summed E-state index contributed by atoms with van der Waals surface area (Å²) in [5, 5.41) is 3.24. The number of ether oxygens (including phenoxy) is 2. The molecule has 5 nitrogen and oxygen atoms in total. The second-order valence-corrected chi connectivity index (χ2v) is 7.46. The van der Waals surface area contributed by atoms with Crippen LogP contribution in [-0.4, -0.2) is 44.4 Å². The summed E-state index contributed by atoms with van der Waals surface area (Å²) in [6.07, 6.45) is 3.10. The third kappa shape index (κ3) is 4.54. The maximum absolute atomic E-state index is 13.1. The third-order valence-corrected chi connectivity index (χ3v) is 5.58. The van der Waals surface area contributed by atoms with Crippen molar-refractivity contribution in [3.05, 3.63) is 65.7 Å². The highest BCUT2D eigenvalue weighted by Crippen LogP contribution is 2.26. The number of benzene rings is 2. The summed E-state index contributed by atoms with van der Waals surface area (Å²) in [6.45, 7) is 3.62. The zero-order valence-electron chi connectivity index (χ0n) is 16.2. The first-order chi connectivity index (χ1) is 13.8. The molecule has 0 radical (unpaired) electrons. The van der Waals surface area contributed by atoms with E-state index in [2.05, 4.69) is 22.3 Å². The predicted molar refractivity (Wildman–Crippen MR) is 110 cm³/mol.